The summed E-state index contributed by atoms with van der Waals surface area (Å²) >= 11 is 0. The highest BCUT2D eigenvalue weighted by atomic mass is 19.4. The molecule has 2 rings (SSSR count). The molecule has 0 fully saturated rings. The van der Waals surface area contributed by atoms with Crippen LogP contribution in [-0.4, -0.2) is 16.7 Å². The van der Waals surface area contributed by atoms with Crippen molar-refractivity contribution in [2.24, 2.45) is 5.73 Å². The Morgan fingerprint density at radius 2 is 1.80 bits per heavy atom. The van der Waals surface area contributed by atoms with E-state index in [0.717, 1.165) is 24.8 Å². The second-order valence-corrected chi connectivity index (χ2v) is 4.36. The lowest BCUT2D eigenvalue weighted by Gasteiger charge is -2.01. The summed E-state index contributed by atoms with van der Waals surface area (Å²) in [5, 5.41) is 3.34. The van der Waals surface area contributed by atoms with Crippen molar-refractivity contribution in [1.82, 2.24) is 10.1 Å². The molecule has 0 spiro atoms. The third-order valence-corrected chi connectivity index (χ3v) is 2.80. The molecule has 0 aliphatic rings. The van der Waals surface area contributed by atoms with E-state index in [1.807, 2.05) is 12.1 Å². The Morgan fingerprint density at radius 1 is 1.10 bits per heavy atom. The van der Waals surface area contributed by atoms with Crippen molar-refractivity contribution < 1.29 is 17.7 Å². The number of aryl methyl sites for hydroxylation is 1. The largest absolute Gasteiger partial charge is 0.471 e. The summed E-state index contributed by atoms with van der Waals surface area (Å²) in [7, 11) is 0. The van der Waals surface area contributed by atoms with Crippen LogP contribution in [0.2, 0.25) is 0 Å². The lowest BCUT2D eigenvalue weighted by molar-refractivity contribution is -0.159. The maximum atomic E-state index is 12.3. The van der Waals surface area contributed by atoms with E-state index in [2.05, 4.69) is 14.7 Å². The lowest BCUT2D eigenvalue weighted by Crippen LogP contribution is -2.04. The Morgan fingerprint density at radius 3 is 2.35 bits per heavy atom. The fraction of sp³-hybridized carbons (Fsp3) is 0.385. The molecule has 0 radical (unpaired) electrons. The summed E-state index contributed by atoms with van der Waals surface area (Å²) < 4.78 is 41.2. The van der Waals surface area contributed by atoms with Crippen LogP contribution < -0.4 is 5.73 Å². The minimum atomic E-state index is -4.62. The molecule has 0 saturated carbocycles. The third-order valence-electron chi connectivity index (χ3n) is 2.80. The molecule has 1 aromatic heterocycles. The summed E-state index contributed by atoms with van der Waals surface area (Å²) in [6.45, 7) is 0.654. The number of aromatic nitrogens is 2. The molecule has 1 aromatic carbocycles. The number of nitrogens with zero attached hydrogens (tertiary/aromatic N) is 2. The van der Waals surface area contributed by atoms with E-state index in [1.165, 1.54) is 0 Å². The number of halogens is 3. The zero-order chi connectivity index (χ0) is 14.6. The van der Waals surface area contributed by atoms with Crippen molar-refractivity contribution in [3.05, 3.63) is 35.7 Å². The maximum absolute atomic E-state index is 12.3. The quantitative estimate of drug-likeness (QED) is 0.857. The minimum Gasteiger partial charge on any atom is -0.330 e. The van der Waals surface area contributed by atoms with Crippen LogP contribution in [0.5, 0.6) is 0 Å². The second kappa shape index (κ2) is 6.04. The fourth-order valence-corrected chi connectivity index (χ4v) is 1.75. The first-order valence-electron chi connectivity index (χ1n) is 6.21. The molecule has 4 nitrogen and oxygen atoms in total. The molecule has 0 bridgehead atoms. The monoisotopic (exact) mass is 285 g/mol. The molecule has 2 N–H and O–H groups in total. The Kier molecular flexibility index (Phi) is 4.39. The lowest BCUT2D eigenvalue weighted by atomic mass is 10.1. The molecule has 7 heteroatoms. The molecule has 1 heterocycles. The molecule has 0 saturated heterocycles. The number of nitrogens with two attached hydrogens (primary N) is 1. The first kappa shape index (κ1) is 14.5. The molecule has 0 amide bonds. The fourth-order valence-electron chi connectivity index (χ4n) is 1.75. The van der Waals surface area contributed by atoms with Crippen LogP contribution in [0.3, 0.4) is 0 Å². The highest BCUT2D eigenvalue weighted by molar-refractivity contribution is 5.54. The van der Waals surface area contributed by atoms with Crippen LogP contribution in [0, 0.1) is 0 Å². The van der Waals surface area contributed by atoms with E-state index in [-0.39, 0.29) is 5.82 Å². The average Bonchev–Trinajstić information content (AvgIpc) is 2.89. The number of rotatable bonds is 5. The van der Waals surface area contributed by atoms with Crippen LogP contribution in [0.25, 0.3) is 11.4 Å². The predicted octanol–water partition coefficient (Wildman–Crippen LogP) is 3.04. The minimum absolute atomic E-state index is 0.0640. The van der Waals surface area contributed by atoms with E-state index < -0.39 is 12.1 Å². The van der Waals surface area contributed by atoms with Crippen molar-refractivity contribution in [2.45, 2.75) is 25.4 Å². The van der Waals surface area contributed by atoms with Crippen molar-refractivity contribution in [1.29, 1.82) is 0 Å². The van der Waals surface area contributed by atoms with Gasteiger partial charge < -0.3 is 10.3 Å². The Balaban J connectivity index is 2.08. The van der Waals surface area contributed by atoms with Crippen molar-refractivity contribution in [2.75, 3.05) is 6.54 Å². The number of hydrogen-bond acceptors (Lipinski definition) is 4. The van der Waals surface area contributed by atoms with E-state index in [0.29, 0.717) is 12.1 Å². The van der Waals surface area contributed by atoms with Gasteiger partial charge >= 0.3 is 12.1 Å². The van der Waals surface area contributed by atoms with E-state index in [9.17, 15) is 13.2 Å². The normalized spacial score (nSPS) is 11.8. The Hall–Kier alpha value is -1.89. The van der Waals surface area contributed by atoms with Gasteiger partial charge in [0.15, 0.2) is 0 Å². The van der Waals surface area contributed by atoms with Gasteiger partial charge in [-0.25, -0.2) is 0 Å². The van der Waals surface area contributed by atoms with Gasteiger partial charge in [0.2, 0.25) is 5.82 Å². The van der Waals surface area contributed by atoms with Crippen LogP contribution >= 0.6 is 0 Å². The van der Waals surface area contributed by atoms with E-state index in [4.69, 9.17) is 5.73 Å². The Bertz CT molecular complexity index is 549. The summed E-state index contributed by atoms with van der Waals surface area (Å²) in [6, 6.07) is 7.05. The molecular weight excluding hydrogens is 271 g/mol. The molecule has 0 unspecified atom stereocenters. The highest BCUT2D eigenvalue weighted by Crippen LogP contribution is 2.29. The SMILES string of the molecule is NCCCCc1ccc(-c2noc(C(F)(F)F)n2)cc1. The standard InChI is InChI=1S/C13H14F3N3O/c14-13(15,16)12-18-11(19-20-12)10-6-4-9(5-7-10)3-1-2-8-17/h4-7H,1-3,8,17H2. The third kappa shape index (κ3) is 3.57. The molecule has 0 aliphatic heterocycles. The number of benzene rings is 1. The summed E-state index contributed by atoms with van der Waals surface area (Å²) in [5.74, 6) is -1.40. The number of unbranched alkanes of at least 4 members (excludes halogenated alkanes) is 1. The van der Waals surface area contributed by atoms with Crippen LogP contribution in [-0.2, 0) is 12.6 Å². The summed E-state index contributed by atoms with van der Waals surface area (Å²) in [5.41, 5.74) is 7.00. The molecule has 2 aromatic rings. The van der Waals surface area contributed by atoms with Crippen molar-refractivity contribution in [3.8, 4) is 11.4 Å². The predicted molar refractivity (Wildman–Crippen MR) is 66.7 cm³/mol. The van der Waals surface area contributed by atoms with Gasteiger partial charge in [-0.15, -0.1) is 0 Å². The topological polar surface area (TPSA) is 64.9 Å². The van der Waals surface area contributed by atoms with E-state index >= 15 is 0 Å². The van der Waals surface area contributed by atoms with E-state index in [1.54, 1.807) is 12.1 Å². The maximum Gasteiger partial charge on any atom is 0.471 e. The Labute approximate surface area is 113 Å². The smallest absolute Gasteiger partial charge is 0.330 e. The first-order chi connectivity index (χ1) is 9.50. The van der Waals surface area contributed by atoms with Crippen molar-refractivity contribution in [3.63, 3.8) is 0 Å². The molecule has 0 atom stereocenters. The average molecular weight is 285 g/mol. The summed E-state index contributed by atoms with van der Waals surface area (Å²) in [4.78, 5) is 3.34. The molecule has 108 valence electrons. The van der Waals surface area contributed by atoms with Crippen LogP contribution in [0.1, 0.15) is 24.3 Å². The van der Waals surface area contributed by atoms with Gasteiger partial charge in [0.05, 0.1) is 0 Å². The molecule has 20 heavy (non-hydrogen) atoms. The van der Waals surface area contributed by atoms with Gasteiger partial charge in [-0.1, -0.05) is 29.4 Å². The first-order valence-corrected chi connectivity index (χ1v) is 6.21. The van der Waals surface area contributed by atoms with Crippen molar-refractivity contribution >= 4 is 0 Å². The highest BCUT2D eigenvalue weighted by Gasteiger charge is 2.38. The van der Waals surface area contributed by atoms with Crippen LogP contribution in [0.15, 0.2) is 28.8 Å². The van der Waals surface area contributed by atoms with Gasteiger partial charge in [0.1, 0.15) is 0 Å². The molecular formula is C13H14F3N3O. The zero-order valence-corrected chi connectivity index (χ0v) is 10.7. The van der Waals surface area contributed by atoms with Gasteiger partial charge in [-0.05, 0) is 31.4 Å². The van der Waals surface area contributed by atoms with Gasteiger partial charge in [0.25, 0.3) is 0 Å². The second-order valence-electron chi connectivity index (χ2n) is 4.36. The van der Waals surface area contributed by atoms with Crippen LogP contribution in [0.4, 0.5) is 13.2 Å². The number of hydrogen-bond donors (Lipinski definition) is 1. The van der Waals surface area contributed by atoms with Gasteiger partial charge in [0, 0.05) is 5.56 Å². The van der Waals surface area contributed by atoms with Gasteiger partial charge in [-0.2, -0.15) is 18.2 Å². The van der Waals surface area contributed by atoms with Gasteiger partial charge in [-0.3, -0.25) is 0 Å². The summed E-state index contributed by atoms with van der Waals surface area (Å²) in [6.07, 6.45) is -1.80. The molecule has 0 aliphatic carbocycles. The number of alkyl halides is 3. The zero-order valence-electron chi connectivity index (χ0n) is 10.7.